The van der Waals surface area contributed by atoms with Gasteiger partial charge in [-0.05, 0) is 46.0 Å². The lowest BCUT2D eigenvalue weighted by Crippen LogP contribution is -2.41. The number of rotatable bonds is 5. The molecule has 152 valence electrons. The highest BCUT2D eigenvalue weighted by Crippen LogP contribution is 2.23. The molecule has 0 unspecified atom stereocenters. The quantitative estimate of drug-likeness (QED) is 0.534. The molecule has 0 bridgehead atoms. The van der Waals surface area contributed by atoms with Gasteiger partial charge in [-0.25, -0.2) is 18.2 Å². The van der Waals surface area contributed by atoms with Gasteiger partial charge in [-0.3, -0.25) is 0 Å². The van der Waals surface area contributed by atoms with Crippen LogP contribution in [-0.2, 0) is 14.6 Å². The maximum absolute atomic E-state index is 12.1. The first-order valence-corrected chi connectivity index (χ1v) is 11.1. The van der Waals surface area contributed by atoms with Gasteiger partial charge in [-0.15, -0.1) is 0 Å². The van der Waals surface area contributed by atoms with E-state index in [2.05, 4.69) is 9.97 Å². The Kier molecular flexibility index (Phi) is 6.91. The smallest absolute Gasteiger partial charge is 0.410 e. The van der Waals surface area contributed by atoms with E-state index < -0.39 is 15.4 Å². The van der Waals surface area contributed by atoms with Crippen LogP contribution in [0.3, 0.4) is 0 Å². The van der Waals surface area contributed by atoms with E-state index in [0.29, 0.717) is 25.6 Å². The largest absolute Gasteiger partial charge is 0.478 e. The summed E-state index contributed by atoms with van der Waals surface area (Å²) in [5, 5.41) is -0.332. The predicted octanol–water partition coefficient (Wildman–Crippen LogP) is 2.95. The number of carbonyl (C=O) groups is 1. The Balaban J connectivity index is 1.80. The number of nitrogens with zero attached hydrogens (tertiary/aromatic N) is 3. The maximum Gasteiger partial charge on any atom is 0.410 e. The topological polar surface area (TPSA) is 98.7 Å². The third-order valence-electron chi connectivity index (χ3n) is 4.02. The van der Waals surface area contributed by atoms with Gasteiger partial charge in [0.05, 0.1) is 6.61 Å². The zero-order valence-electron chi connectivity index (χ0n) is 16.1. The summed E-state index contributed by atoms with van der Waals surface area (Å²) < 4.78 is 34.0. The van der Waals surface area contributed by atoms with E-state index in [-0.39, 0.29) is 22.3 Å². The lowest BCUT2D eigenvalue weighted by Gasteiger charge is -2.33. The minimum Gasteiger partial charge on any atom is -0.478 e. The number of amides is 1. The van der Waals surface area contributed by atoms with Crippen molar-refractivity contribution in [2.45, 2.75) is 50.8 Å². The molecule has 1 aliphatic heterocycles. The lowest BCUT2D eigenvalue weighted by molar-refractivity contribution is 0.0177. The number of aromatic nitrogens is 2. The molecule has 0 aromatic carbocycles. The molecule has 0 aliphatic carbocycles. The molecule has 2 rings (SSSR count). The molecule has 1 aliphatic rings. The molecule has 27 heavy (non-hydrogen) atoms. The Morgan fingerprint density at radius 3 is 2.48 bits per heavy atom. The molecule has 1 fully saturated rings. The second kappa shape index (κ2) is 8.60. The van der Waals surface area contributed by atoms with Crippen LogP contribution in [0, 0.1) is 5.92 Å². The molecular formula is C17H26ClN3O5S. The molecule has 1 aromatic heterocycles. The molecule has 0 saturated carbocycles. The third-order valence-corrected chi connectivity index (χ3v) is 5.06. The Morgan fingerprint density at radius 2 is 1.93 bits per heavy atom. The van der Waals surface area contributed by atoms with Gasteiger partial charge in [0.2, 0.25) is 15.7 Å². The van der Waals surface area contributed by atoms with E-state index in [9.17, 15) is 13.2 Å². The molecule has 2 heterocycles. The van der Waals surface area contributed by atoms with E-state index in [1.807, 2.05) is 20.8 Å². The van der Waals surface area contributed by atoms with Gasteiger partial charge >= 0.3 is 6.09 Å². The van der Waals surface area contributed by atoms with Gasteiger partial charge in [0, 0.05) is 25.4 Å². The van der Waals surface area contributed by atoms with Crippen LogP contribution in [0.5, 0.6) is 5.88 Å². The molecular weight excluding hydrogens is 394 g/mol. The highest BCUT2D eigenvalue weighted by atomic mass is 35.5. The summed E-state index contributed by atoms with van der Waals surface area (Å²) in [5.74, 6) is 0.553. The summed E-state index contributed by atoms with van der Waals surface area (Å²) in [6, 6.07) is 1.39. The number of likely N-dealkylation sites (tertiary alicyclic amines) is 1. The molecule has 1 amide bonds. The van der Waals surface area contributed by atoms with Crippen molar-refractivity contribution in [2.75, 3.05) is 26.0 Å². The van der Waals surface area contributed by atoms with E-state index >= 15 is 0 Å². The van der Waals surface area contributed by atoms with Gasteiger partial charge in [0.25, 0.3) is 5.16 Å². The van der Waals surface area contributed by atoms with Gasteiger partial charge < -0.3 is 14.4 Å². The normalized spacial score (nSPS) is 16.3. The fourth-order valence-electron chi connectivity index (χ4n) is 2.68. The summed E-state index contributed by atoms with van der Waals surface area (Å²) in [4.78, 5) is 21.4. The summed E-state index contributed by atoms with van der Waals surface area (Å²) in [7, 11) is -3.56. The minimum absolute atomic E-state index is 0.0195. The van der Waals surface area contributed by atoms with Crippen molar-refractivity contribution >= 4 is 27.5 Å². The first-order valence-electron chi connectivity index (χ1n) is 8.79. The molecule has 1 aromatic rings. The molecule has 0 N–H and O–H groups in total. The van der Waals surface area contributed by atoms with E-state index in [1.165, 1.54) is 6.07 Å². The standard InChI is InChI=1S/C17H26ClN3O5S/c1-17(2,3)26-16(22)21-8-5-12(6-9-21)7-10-25-14-11-13(18)19-15(20-14)27(4,23)24/h11-12H,5-10H2,1-4H3. The summed E-state index contributed by atoms with van der Waals surface area (Å²) in [6.45, 7) is 7.23. The lowest BCUT2D eigenvalue weighted by atomic mass is 9.94. The van der Waals surface area contributed by atoms with E-state index in [1.54, 1.807) is 4.90 Å². The SMILES string of the molecule is CC(C)(C)OC(=O)N1CCC(CCOc2cc(Cl)nc(S(C)(=O)=O)n2)CC1. The second-order valence-corrected chi connectivity index (χ2v) is 9.93. The molecule has 8 nitrogen and oxygen atoms in total. The van der Waals surface area contributed by atoms with Crippen molar-refractivity contribution in [1.82, 2.24) is 14.9 Å². The van der Waals surface area contributed by atoms with Crippen molar-refractivity contribution in [1.29, 1.82) is 0 Å². The molecule has 0 radical (unpaired) electrons. The van der Waals surface area contributed by atoms with Gasteiger partial charge in [0.15, 0.2) is 0 Å². The zero-order chi connectivity index (χ0) is 20.2. The van der Waals surface area contributed by atoms with Crippen LogP contribution in [0.15, 0.2) is 11.2 Å². The van der Waals surface area contributed by atoms with Crippen LogP contribution < -0.4 is 4.74 Å². The van der Waals surface area contributed by atoms with Crippen LogP contribution in [0.2, 0.25) is 5.15 Å². The van der Waals surface area contributed by atoms with Gasteiger partial charge in [0.1, 0.15) is 10.8 Å². The number of halogens is 1. The van der Waals surface area contributed by atoms with E-state index in [4.69, 9.17) is 21.1 Å². The summed E-state index contributed by atoms with van der Waals surface area (Å²) in [5.41, 5.74) is -0.495. The van der Waals surface area contributed by atoms with Crippen molar-refractivity contribution in [3.63, 3.8) is 0 Å². The van der Waals surface area contributed by atoms with Crippen molar-refractivity contribution in [3.8, 4) is 5.88 Å². The Morgan fingerprint density at radius 1 is 1.30 bits per heavy atom. The first kappa shape index (κ1) is 21.7. The highest BCUT2D eigenvalue weighted by Gasteiger charge is 2.26. The van der Waals surface area contributed by atoms with Crippen LogP contribution in [-0.4, -0.2) is 60.9 Å². The molecule has 0 atom stereocenters. The number of piperidine rings is 1. The van der Waals surface area contributed by atoms with Crippen molar-refractivity contribution < 1.29 is 22.7 Å². The number of ether oxygens (including phenoxy) is 2. The minimum atomic E-state index is -3.56. The van der Waals surface area contributed by atoms with Crippen LogP contribution >= 0.6 is 11.6 Å². The van der Waals surface area contributed by atoms with E-state index in [0.717, 1.165) is 25.5 Å². The molecule has 1 saturated heterocycles. The molecule has 10 heteroatoms. The fourth-order valence-corrected chi connectivity index (χ4v) is 3.42. The molecule has 0 spiro atoms. The average molecular weight is 420 g/mol. The summed E-state index contributed by atoms with van der Waals surface area (Å²) >= 11 is 5.83. The highest BCUT2D eigenvalue weighted by molar-refractivity contribution is 7.90. The van der Waals surface area contributed by atoms with Gasteiger partial charge in [-0.2, -0.15) is 4.98 Å². The van der Waals surface area contributed by atoms with Crippen molar-refractivity contribution in [2.24, 2.45) is 5.92 Å². The van der Waals surface area contributed by atoms with Crippen LogP contribution in [0.25, 0.3) is 0 Å². The predicted molar refractivity (Wildman–Crippen MR) is 101 cm³/mol. The fraction of sp³-hybridized carbons (Fsp3) is 0.706. The monoisotopic (exact) mass is 419 g/mol. The van der Waals surface area contributed by atoms with Crippen LogP contribution in [0.4, 0.5) is 4.79 Å². The second-order valence-electron chi connectivity index (χ2n) is 7.63. The van der Waals surface area contributed by atoms with Crippen LogP contribution in [0.1, 0.15) is 40.0 Å². The maximum atomic E-state index is 12.1. The number of hydrogen-bond donors (Lipinski definition) is 0. The number of sulfone groups is 1. The third kappa shape index (κ3) is 7.14. The number of hydrogen-bond acceptors (Lipinski definition) is 7. The first-order chi connectivity index (χ1) is 12.4. The Hall–Kier alpha value is -1.61. The van der Waals surface area contributed by atoms with Crippen molar-refractivity contribution in [3.05, 3.63) is 11.2 Å². The zero-order valence-corrected chi connectivity index (χ0v) is 17.6. The number of carbonyl (C=O) groups excluding carboxylic acids is 1. The Bertz CT molecular complexity index is 771. The summed E-state index contributed by atoms with van der Waals surface area (Å²) in [6.07, 6.45) is 3.24. The average Bonchev–Trinajstić information content (AvgIpc) is 2.52. The van der Waals surface area contributed by atoms with Gasteiger partial charge in [-0.1, -0.05) is 11.6 Å². The Labute approximate surface area is 165 Å².